The molecule has 1 fully saturated rings. The monoisotopic (exact) mass is 532 g/mol. The Balaban J connectivity index is 1.22. The number of nitrogens with one attached hydrogen (secondary N) is 1. The highest BCUT2D eigenvalue weighted by Gasteiger charge is 2.26. The summed E-state index contributed by atoms with van der Waals surface area (Å²) in [6.45, 7) is 3.05. The molecule has 1 N–H and O–H groups in total. The van der Waals surface area contributed by atoms with E-state index in [9.17, 15) is 4.79 Å². The van der Waals surface area contributed by atoms with Gasteiger partial charge in [0.2, 0.25) is 5.91 Å². The lowest BCUT2D eigenvalue weighted by Crippen LogP contribution is -2.40. The van der Waals surface area contributed by atoms with E-state index in [2.05, 4.69) is 61.0 Å². The van der Waals surface area contributed by atoms with Crippen LogP contribution in [-0.4, -0.2) is 40.6 Å². The van der Waals surface area contributed by atoms with E-state index in [0.717, 1.165) is 70.8 Å². The zero-order chi connectivity index (χ0) is 24.2. The number of ether oxygens (including phenoxy) is 1. The number of para-hydroxylation sites is 2. The van der Waals surface area contributed by atoms with E-state index < -0.39 is 0 Å². The molecule has 7 heteroatoms. The number of amides is 1. The van der Waals surface area contributed by atoms with E-state index in [1.807, 2.05) is 42.5 Å². The van der Waals surface area contributed by atoms with E-state index in [1.165, 1.54) is 0 Å². The number of hydrogen-bond donors (Lipinski definition) is 1. The van der Waals surface area contributed by atoms with E-state index in [4.69, 9.17) is 9.72 Å². The van der Waals surface area contributed by atoms with Gasteiger partial charge in [0.05, 0.1) is 24.7 Å². The van der Waals surface area contributed by atoms with Gasteiger partial charge in [-0.25, -0.2) is 4.98 Å². The first-order valence-electron chi connectivity index (χ1n) is 12.0. The second-order valence-electron chi connectivity index (χ2n) is 8.95. The Bertz CT molecular complexity index is 1310. The number of fused-ring (bicyclic) bond motifs is 1. The summed E-state index contributed by atoms with van der Waals surface area (Å²) in [5.74, 6) is 2.03. The van der Waals surface area contributed by atoms with Crippen molar-refractivity contribution in [3.63, 3.8) is 0 Å². The zero-order valence-electron chi connectivity index (χ0n) is 19.8. The van der Waals surface area contributed by atoms with Gasteiger partial charge in [-0.05, 0) is 74.0 Å². The molecule has 6 nitrogen and oxygen atoms in total. The number of benzene rings is 3. The standard InChI is InChI=1S/C28H29BrN4O2/c1-35-24-11-9-20(10-12-24)18-30-28(34)21-13-15-32(16-14-21)19-27-31-25-7-2-3-8-26(25)33(27)23-6-4-5-22(29)17-23/h2-12,17,21H,13-16,18-19H2,1H3,(H,30,34). The van der Waals surface area contributed by atoms with Gasteiger partial charge in [0, 0.05) is 22.6 Å². The lowest BCUT2D eigenvalue weighted by molar-refractivity contribution is -0.126. The third-order valence-electron chi connectivity index (χ3n) is 6.65. The number of halogens is 1. The summed E-state index contributed by atoms with van der Waals surface area (Å²) in [5.41, 5.74) is 4.27. The Kier molecular flexibility index (Phi) is 7.16. The molecule has 4 aromatic rings. The average Bonchev–Trinajstić information content (AvgIpc) is 3.25. The summed E-state index contributed by atoms with van der Waals surface area (Å²) in [4.78, 5) is 20.1. The van der Waals surface area contributed by atoms with Crippen LogP contribution in [0.15, 0.2) is 77.3 Å². The fourth-order valence-corrected chi connectivity index (χ4v) is 5.10. The minimum absolute atomic E-state index is 0.0494. The Hall–Kier alpha value is -3.16. The van der Waals surface area contributed by atoms with Crippen LogP contribution in [0.4, 0.5) is 0 Å². The van der Waals surface area contributed by atoms with Crippen LogP contribution in [0.1, 0.15) is 24.2 Å². The summed E-state index contributed by atoms with van der Waals surface area (Å²) >= 11 is 3.60. The Morgan fingerprint density at radius 3 is 2.57 bits per heavy atom. The Morgan fingerprint density at radius 1 is 1.06 bits per heavy atom. The first-order chi connectivity index (χ1) is 17.1. The normalized spacial score (nSPS) is 14.8. The predicted octanol–water partition coefficient (Wildman–Crippen LogP) is 5.33. The van der Waals surface area contributed by atoms with Gasteiger partial charge in [-0.2, -0.15) is 0 Å². The van der Waals surface area contributed by atoms with Crippen molar-refractivity contribution >= 4 is 32.9 Å². The van der Waals surface area contributed by atoms with Crippen LogP contribution in [0, 0.1) is 5.92 Å². The molecule has 0 radical (unpaired) electrons. The van der Waals surface area contributed by atoms with Crippen molar-refractivity contribution in [1.82, 2.24) is 19.8 Å². The molecule has 1 saturated heterocycles. The molecule has 0 atom stereocenters. The van der Waals surface area contributed by atoms with Gasteiger partial charge in [0.1, 0.15) is 11.6 Å². The van der Waals surface area contributed by atoms with Crippen LogP contribution in [0.3, 0.4) is 0 Å². The van der Waals surface area contributed by atoms with Crippen molar-refractivity contribution in [1.29, 1.82) is 0 Å². The number of carbonyl (C=O) groups is 1. The summed E-state index contributed by atoms with van der Waals surface area (Å²) in [6.07, 6.45) is 1.71. The third kappa shape index (κ3) is 5.41. The van der Waals surface area contributed by atoms with Gasteiger partial charge in [-0.3, -0.25) is 14.3 Å². The highest BCUT2D eigenvalue weighted by Crippen LogP contribution is 2.26. The number of imidazole rings is 1. The lowest BCUT2D eigenvalue weighted by atomic mass is 9.96. The van der Waals surface area contributed by atoms with Gasteiger partial charge in [0.25, 0.3) is 0 Å². The van der Waals surface area contributed by atoms with Crippen molar-refractivity contribution in [2.45, 2.75) is 25.9 Å². The zero-order valence-corrected chi connectivity index (χ0v) is 21.4. The molecule has 0 spiro atoms. The third-order valence-corrected chi connectivity index (χ3v) is 7.14. The molecule has 35 heavy (non-hydrogen) atoms. The van der Waals surface area contributed by atoms with Crippen molar-refractivity contribution in [3.8, 4) is 11.4 Å². The number of likely N-dealkylation sites (tertiary alicyclic amines) is 1. The number of piperidine rings is 1. The largest absolute Gasteiger partial charge is 0.497 e. The van der Waals surface area contributed by atoms with E-state index in [-0.39, 0.29) is 11.8 Å². The van der Waals surface area contributed by atoms with Crippen LogP contribution in [0.25, 0.3) is 16.7 Å². The van der Waals surface area contributed by atoms with E-state index in [0.29, 0.717) is 6.54 Å². The summed E-state index contributed by atoms with van der Waals surface area (Å²) in [5, 5.41) is 3.11. The highest BCUT2D eigenvalue weighted by atomic mass is 79.9. The van der Waals surface area contributed by atoms with Crippen LogP contribution >= 0.6 is 15.9 Å². The maximum absolute atomic E-state index is 12.8. The quantitative estimate of drug-likeness (QED) is 0.349. The topological polar surface area (TPSA) is 59.4 Å². The van der Waals surface area contributed by atoms with Crippen molar-refractivity contribution in [3.05, 3.63) is 88.7 Å². The number of nitrogens with zero attached hydrogens (tertiary/aromatic N) is 3. The number of rotatable bonds is 7. The van der Waals surface area contributed by atoms with Gasteiger partial charge >= 0.3 is 0 Å². The molecule has 0 unspecified atom stereocenters. The molecular weight excluding hydrogens is 504 g/mol. The van der Waals surface area contributed by atoms with Gasteiger partial charge < -0.3 is 10.1 Å². The summed E-state index contributed by atoms with van der Waals surface area (Å²) in [7, 11) is 1.65. The predicted molar refractivity (Wildman–Crippen MR) is 142 cm³/mol. The second kappa shape index (κ2) is 10.6. The van der Waals surface area contributed by atoms with E-state index in [1.54, 1.807) is 7.11 Å². The molecule has 3 aromatic carbocycles. The first-order valence-corrected chi connectivity index (χ1v) is 12.8. The smallest absolute Gasteiger partial charge is 0.223 e. The molecule has 1 aliphatic heterocycles. The SMILES string of the molecule is COc1ccc(CNC(=O)C2CCN(Cc3nc4ccccc4n3-c3cccc(Br)c3)CC2)cc1. The average molecular weight is 533 g/mol. The van der Waals surface area contributed by atoms with Crippen molar-refractivity contribution in [2.24, 2.45) is 5.92 Å². The minimum atomic E-state index is 0.0494. The van der Waals surface area contributed by atoms with Gasteiger partial charge in [-0.1, -0.05) is 46.3 Å². The lowest BCUT2D eigenvalue weighted by Gasteiger charge is -2.31. The van der Waals surface area contributed by atoms with Crippen LogP contribution < -0.4 is 10.1 Å². The number of carbonyl (C=O) groups excluding carboxylic acids is 1. The molecule has 0 aliphatic carbocycles. The minimum Gasteiger partial charge on any atom is -0.497 e. The van der Waals surface area contributed by atoms with Crippen LogP contribution in [-0.2, 0) is 17.9 Å². The number of hydrogen-bond acceptors (Lipinski definition) is 4. The first kappa shape index (κ1) is 23.6. The fourth-order valence-electron chi connectivity index (χ4n) is 4.72. The maximum atomic E-state index is 12.8. The van der Waals surface area contributed by atoms with Crippen molar-refractivity contribution < 1.29 is 9.53 Å². The maximum Gasteiger partial charge on any atom is 0.223 e. The fraction of sp³-hybridized carbons (Fsp3) is 0.286. The molecule has 180 valence electrons. The molecular formula is C28H29BrN4O2. The molecule has 0 bridgehead atoms. The molecule has 1 aromatic heterocycles. The highest BCUT2D eigenvalue weighted by molar-refractivity contribution is 9.10. The van der Waals surface area contributed by atoms with E-state index >= 15 is 0 Å². The van der Waals surface area contributed by atoms with Gasteiger partial charge in [0.15, 0.2) is 0 Å². The molecule has 0 saturated carbocycles. The van der Waals surface area contributed by atoms with Crippen molar-refractivity contribution in [2.75, 3.05) is 20.2 Å². The molecule has 2 heterocycles. The molecule has 5 rings (SSSR count). The number of methoxy groups -OCH3 is 1. The van der Waals surface area contributed by atoms with Crippen LogP contribution in [0.5, 0.6) is 5.75 Å². The number of aromatic nitrogens is 2. The summed E-state index contributed by atoms with van der Waals surface area (Å²) < 4.78 is 8.48. The Labute approximate surface area is 214 Å². The molecule has 1 aliphatic rings. The summed E-state index contributed by atoms with van der Waals surface area (Å²) in [6, 6.07) is 24.4. The molecule has 1 amide bonds. The Morgan fingerprint density at radius 2 is 1.83 bits per heavy atom. The second-order valence-corrected chi connectivity index (χ2v) is 9.86. The van der Waals surface area contributed by atoms with Crippen LogP contribution in [0.2, 0.25) is 0 Å². The van der Waals surface area contributed by atoms with Gasteiger partial charge in [-0.15, -0.1) is 0 Å².